The number of piperidine rings is 1. The molecule has 0 radical (unpaired) electrons. The fourth-order valence-corrected chi connectivity index (χ4v) is 2.60. The van der Waals surface area contributed by atoms with Crippen LogP contribution in [0.2, 0.25) is 0 Å². The summed E-state index contributed by atoms with van der Waals surface area (Å²) in [5.41, 5.74) is 7.20. The molecule has 2 atom stereocenters. The molecule has 2 aromatic heterocycles. The maximum absolute atomic E-state index is 5.81. The molecule has 4 N–H and O–H groups in total. The molecule has 0 saturated carbocycles. The number of anilines is 1. The molecule has 1 aliphatic heterocycles. The van der Waals surface area contributed by atoms with Gasteiger partial charge in [0.25, 0.3) is 0 Å². The predicted molar refractivity (Wildman–Crippen MR) is 69.9 cm³/mol. The minimum absolute atomic E-state index is 0.275. The number of aromatic nitrogens is 4. The highest BCUT2D eigenvalue weighted by Crippen LogP contribution is 2.28. The van der Waals surface area contributed by atoms with Crippen LogP contribution >= 0.6 is 0 Å². The molecule has 0 spiro atoms. The van der Waals surface area contributed by atoms with Gasteiger partial charge in [-0.05, 0) is 25.3 Å². The van der Waals surface area contributed by atoms with Gasteiger partial charge in [-0.1, -0.05) is 13.3 Å². The molecule has 0 aliphatic carbocycles. The zero-order valence-corrected chi connectivity index (χ0v) is 10.5. The Balaban J connectivity index is 1.92. The van der Waals surface area contributed by atoms with Crippen molar-refractivity contribution in [3.8, 4) is 0 Å². The Hall–Kier alpha value is -1.69. The van der Waals surface area contributed by atoms with E-state index >= 15 is 0 Å². The number of imidazole rings is 1. The summed E-state index contributed by atoms with van der Waals surface area (Å²) >= 11 is 0. The van der Waals surface area contributed by atoms with Crippen molar-refractivity contribution < 1.29 is 0 Å². The van der Waals surface area contributed by atoms with E-state index in [2.05, 4.69) is 32.2 Å². The zero-order valence-electron chi connectivity index (χ0n) is 10.5. The summed E-state index contributed by atoms with van der Waals surface area (Å²) in [7, 11) is 0. The number of H-pyrrole nitrogens is 1. The summed E-state index contributed by atoms with van der Waals surface area (Å²) in [5.74, 6) is 2.16. The summed E-state index contributed by atoms with van der Waals surface area (Å²) in [4.78, 5) is 15.9. The Bertz CT molecular complexity index is 548. The second-order valence-electron chi connectivity index (χ2n) is 4.88. The molecule has 3 rings (SSSR count). The van der Waals surface area contributed by atoms with E-state index < -0.39 is 0 Å². The average molecular weight is 246 g/mol. The first-order valence-corrected chi connectivity index (χ1v) is 6.47. The molecular weight excluding hydrogens is 228 g/mol. The van der Waals surface area contributed by atoms with Gasteiger partial charge in [-0.25, -0.2) is 15.0 Å². The van der Waals surface area contributed by atoms with E-state index in [4.69, 9.17) is 5.73 Å². The Labute approximate surface area is 105 Å². The number of nitrogens with two attached hydrogens (primary N) is 1. The van der Waals surface area contributed by atoms with Crippen LogP contribution in [-0.2, 0) is 0 Å². The van der Waals surface area contributed by atoms with Gasteiger partial charge in [0, 0.05) is 0 Å². The summed E-state index contributed by atoms with van der Waals surface area (Å²) in [6.45, 7) is 3.29. The molecule has 0 aromatic carbocycles. The predicted octanol–water partition coefficient (Wildman–Crippen LogP) is 1.39. The lowest BCUT2D eigenvalue weighted by atomic mass is 9.90. The van der Waals surface area contributed by atoms with Gasteiger partial charge in [-0.3, -0.25) is 0 Å². The molecule has 2 unspecified atom stereocenters. The van der Waals surface area contributed by atoms with Crippen molar-refractivity contribution in [1.29, 1.82) is 0 Å². The first-order chi connectivity index (χ1) is 8.78. The van der Waals surface area contributed by atoms with Crippen LogP contribution in [0.4, 0.5) is 5.82 Å². The van der Waals surface area contributed by atoms with Crippen molar-refractivity contribution in [3.05, 3.63) is 12.2 Å². The second-order valence-corrected chi connectivity index (χ2v) is 4.88. The topological polar surface area (TPSA) is 92.5 Å². The van der Waals surface area contributed by atoms with E-state index in [0.717, 1.165) is 30.2 Å². The summed E-state index contributed by atoms with van der Waals surface area (Å²) in [6.07, 6.45) is 5.03. The smallest absolute Gasteiger partial charge is 0.183 e. The lowest BCUT2D eigenvalue weighted by Gasteiger charge is -2.28. The van der Waals surface area contributed by atoms with Crippen LogP contribution in [0.3, 0.4) is 0 Å². The standard InChI is InChI=1S/C12H18N6/c1-2-7-3-4-14-8(5-7)11-17-9-10(13)15-6-16-12(9)18-11/h6-8,14H,2-5H2,1H3,(H3,13,15,16,17,18). The van der Waals surface area contributed by atoms with Gasteiger partial charge >= 0.3 is 0 Å². The van der Waals surface area contributed by atoms with E-state index in [0.29, 0.717) is 11.5 Å². The van der Waals surface area contributed by atoms with Crippen molar-refractivity contribution >= 4 is 17.0 Å². The van der Waals surface area contributed by atoms with E-state index in [-0.39, 0.29) is 6.04 Å². The van der Waals surface area contributed by atoms with Crippen molar-refractivity contribution in [2.24, 2.45) is 5.92 Å². The van der Waals surface area contributed by atoms with Gasteiger partial charge in [-0.2, -0.15) is 0 Å². The molecule has 6 heteroatoms. The largest absolute Gasteiger partial charge is 0.382 e. The average Bonchev–Trinajstić information content (AvgIpc) is 2.84. The highest BCUT2D eigenvalue weighted by atomic mass is 15.1. The lowest BCUT2D eigenvalue weighted by molar-refractivity contribution is 0.292. The van der Waals surface area contributed by atoms with Gasteiger partial charge in [0.2, 0.25) is 0 Å². The molecule has 6 nitrogen and oxygen atoms in total. The third-order valence-corrected chi connectivity index (χ3v) is 3.76. The maximum atomic E-state index is 5.81. The van der Waals surface area contributed by atoms with Gasteiger partial charge in [-0.15, -0.1) is 0 Å². The van der Waals surface area contributed by atoms with E-state index in [1.54, 1.807) is 0 Å². The van der Waals surface area contributed by atoms with Crippen molar-refractivity contribution in [1.82, 2.24) is 25.3 Å². The third-order valence-electron chi connectivity index (χ3n) is 3.76. The van der Waals surface area contributed by atoms with Crippen LogP contribution in [0, 0.1) is 5.92 Å². The van der Waals surface area contributed by atoms with Crippen LogP contribution in [0.5, 0.6) is 0 Å². The number of hydrogen-bond acceptors (Lipinski definition) is 5. The maximum Gasteiger partial charge on any atom is 0.183 e. The number of nitrogens with one attached hydrogen (secondary N) is 2. The van der Waals surface area contributed by atoms with Gasteiger partial charge in [0.15, 0.2) is 11.5 Å². The molecule has 2 aromatic rings. The Morgan fingerprint density at radius 3 is 3.11 bits per heavy atom. The number of hydrogen-bond donors (Lipinski definition) is 3. The first kappa shape index (κ1) is 11.4. The van der Waals surface area contributed by atoms with Crippen LogP contribution in [0.25, 0.3) is 11.2 Å². The van der Waals surface area contributed by atoms with E-state index in [1.165, 1.54) is 19.2 Å². The highest BCUT2D eigenvalue weighted by molar-refractivity contribution is 5.81. The number of rotatable bonds is 2. The van der Waals surface area contributed by atoms with Crippen molar-refractivity contribution in [2.45, 2.75) is 32.2 Å². The number of fused-ring (bicyclic) bond motifs is 1. The molecule has 96 valence electrons. The van der Waals surface area contributed by atoms with Crippen LogP contribution in [0.15, 0.2) is 6.33 Å². The van der Waals surface area contributed by atoms with Crippen molar-refractivity contribution in [3.63, 3.8) is 0 Å². The lowest BCUT2D eigenvalue weighted by Crippen LogP contribution is -2.32. The Morgan fingerprint density at radius 2 is 2.33 bits per heavy atom. The fraction of sp³-hybridized carbons (Fsp3) is 0.583. The number of nitrogen functional groups attached to an aromatic ring is 1. The fourth-order valence-electron chi connectivity index (χ4n) is 2.60. The zero-order chi connectivity index (χ0) is 12.5. The van der Waals surface area contributed by atoms with Crippen molar-refractivity contribution in [2.75, 3.05) is 12.3 Å². The normalized spacial score (nSPS) is 24.5. The number of nitrogens with zero attached hydrogens (tertiary/aromatic N) is 3. The quantitative estimate of drug-likeness (QED) is 0.744. The van der Waals surface area contributed by atoms with Crippen LogP contribution < -0.4 is 11.1 Å². The third kappa shape index (κ3) is 1.92. The van der Waals surface area contributed by atoms with Gasteiger partial charge < -0.3 is 16.0 Å². The first-order valence-electron chi connectivity index (χ1n) is 6.47. The summed E-state index contributed by atoms with van der Waals surface area (Å²) in [6, 6.07) is 0.275. The molecule has 3 heterocycles. The summed E-state index contributed by atoms with van der Waals surface area (Å²) < 4.78 is 0. The van der Waals surface area contributed by atoms with Crippen LogP contribution in [-0.4, -0.2) is 26.5 Å². The SMILES string of the molecule is CCC1CCNC(c2nc3ncnc(N)c3[nH]2)C1. The van der Waals surface area contributed by atoms with E-state index in [9.17, 15) is 0 Å². The molecule has 1 saturated heterocycles. The molecule has 0 amide bonds. The summed E-state index contributed by atoms with van der Waals surface area (Å²) in [5, 5.41) is 3.50. The Kier molecular flexibility index (Phi) is 2.87. The van der Waals surface area contributed by atoms with Gasteiger partial charge in [0.1, 0.15) is 17.7 Å². The second kappa shape index (κ2) is 4.53. The highest BCUT2D eigenvalue weighted by Gasteiger charge is 2.24. The molecular formula is C12H18N6. The van der Waals surface area contributed by atoms with E-state index in [1.807, 2.05) is 0 Å². The monoisotopic (exact) mass is 246 g/mol. The molecule has 18 heavy (non-hydrogen) atoms. The molecule has 0 bridgehead atoms. The Morgan fingerprint density at radius 1 is 1.44 bits per heavy atom. The number of aromatic amines is 1. The minimum Gasteiger partial charge on any atom is -0.382 e. The molecule has 1 fully saturated rings. The minimum atomic E-state index is 0.275. The molecule has 1 aliphatic rings. The van der Waals surface area contributed by atoms with Crippen LogP contribution in [0.1, 0.15) is 38.1 Å². The van der Waals surface area contributed by atoms with Gasteiger partial charge in [0.05, 0.1) is 6.04 Å².